The molecule has 1 aromatic heterocycles. The van der Waals surface area contributed by atoms with Crippen molar-refractivity contribution in [3.8, 4) is 11.5 Å². The Morgan fingerprint density at radius 1 is 1.47 bits per heavy atom. The Balaban J connectivity index is 2.01. The van der Waals surface area contributed by atoms with E-state index in [4.69, 9.17) is 4.74 Å². The summed E-state index contributed by atoms with van der Waals surface area (Å²) < 4.78 is 5.07. The smallest absolute Gasteiger partial charge is 0.124 e. The van der Waals surface area contributed by atoms with Crippen LogP contribution < -0.4 is 10.1 Å². The van der Waals surface area contributed by atoms with E-state index in [1.165, 1.54) is 0 Å². The summed E-state index contributed by atoms with van der Waals surface area (Å²) in [6.07, 6.45) is 0. The number of phenolic OH excluding ortho intramolecular Hbond substituents is 1. The number of hydrogen-bond donors (Lipinski definition) is 2. The fourth-order valence-corrected chi connectivity index (χ4v) is 2.49. The lowest BCUT2D eigenvalue weighted by atomic mass is 10.1. The van der Waals surface area contributed by atoms with Gasteiger partial charge in [0.1, 0.15) is 11.5 Å². The normalized spacial score (nSPS) is 12.4. The lowest BCUT2D eigenvalue weighted by Gasteiger charge is -2.15. The van der Waals surface area contributed by atoms with Gasteiger partial charge >= 0.3 is 0 Å². The summed E-state index contributed by atoms with van der Waals surface area (Å²) in [4.78, 5) is 4.40. The van der Waals surface area contributed by atoms with Crippen molar-refractivity contribution in [3.05, 3.63) is 39.8 Å². The number of nitrogens with zero attached hydrogens (tertiary/aromatic N) is 1. The lowest BCUT2D eigenvalue weighted by molar-refractivity contribution is 0.404. The Bertz CT molecular complexity index is 554. The maximum absolute atomic E-state index is 9.96. The zero-order valence-electron chi connectivity index (χ0n) is 11.3. The molecule has 0 spiro atoms. The Kier molecular flexibility index (Phi) is 4.39. The first kappa shape index (κ1) is 13.8. The van der Waals surface area contributed by atoms with Crippen LogP contribution in [0.5, 0.6) is 11.5 Å². The fraction of sp³-hybridized carbons (Fsp3) is 0.357. The minimum atomic E-state index is 0.0490. The first-order valence-corrected chi connectivity index (χ1v) is 6.99. The van der Waals surface area contributed by atoms with E-state index in [-0.39, 0.29) is 11.8 Å². The molecule has 0 fully saturated rings. The first-order chi connectivity index (χ1) is 9.10. The molecule has 1 heterocycles. The number of aromatic nitrogens is 1. The maximum atomic E-state index is 9.96. The molecule has 0 saturated heterocycles. The molecule has 2 rings (SSSR count). The molecule has 5 heteroatoms. The standard InChI is InChI=1S/C14H18N2O2S/c1-9(15-7-11-8-19-10(2)16-11)13-5-4-12(18-3)6-14(13)17/h4-6,8-9,15,17H,7H2,1-3H3. The number of benzene rings is 1. The molecule has 0 amide bonds. The predicted molar refractivity (Wildman–Crippen MR) is 76.8 cm³/mol. The zero-order valence-corrected chi connectivity index (χ0v) is 12.1. The van der Waals surface area contributed by atoms with Gasteiger partial charge in [0.2, 0.25) is 0 Å². The highest BCUT2D eigenvalue weighted by Gasteiger charge is 2.11. The van der Waals surface area contributed by atoms with Crippen LogP contribution in [0, 0.1) is 6.92 Å². The van der Waals surface area contributed by atoms with Gasteiger partial charge in [-0.25, -0.2) is 4.98 Å². The van der Waals surface area contributed by atoms with Gasteiger partial charge in [-0.15, -0.1) is 11.3 Å². The summed E-state index contributed by atoms with van der Waals surface area (Å²) in [6.45, 7) is 4.70. The molecule has 0 aliphatic rings. The fourth-order valence-electron chi connectivity index (χ4n) is 1.87. The summed E-state index contributed by atoms with van der Waals surface area (Å²) in [5.74, 6) is 0.900. The Morgan fingerprint density at radius 2 is 2.26 bits per heavy atom. The van der Waals surface area contributed by atoms with Crippen molar-refractivity contribution in [2.75, 3.05) is 7.11 Å². The van der Waals surface area contributed by atoms with E-state index in [0.717, 1.165) is 16.3 Å². The second-order valence-electron chi connectivity index (χ2n) is 4.39. The summed E-state index contributed by atoms with van der Waals surface area (Å²) in [6, 6.07) is 5.40. The first-order valence-electron chi connectivity index (χ1n) is 6.11. The minimum absolute atomic E-state index is 0.0490. The van der Waals surface area contributed by atoms with Gasteiger partial charge in [-0.3, -0.25) is 0 Å². The molecule has 0 radical (unpaired) electrons. The van der Waals surface area contributed by atoms with Gasteiger partial charge in [0.05, 0.1) is 17.8 Å². The molecule has 1 atom stereocenters. The molecule has 4 nitrogen and oxygen atoms in total. The highest BCUT2D eigenvalue weighted by atomic mass is 32.1. The molecule has 0 bridgehead atoms. The van der Waals surface area contributed by atoms with Crippen LogP contribution in [0.15, 0.2) is 23.6 Å². The molecule has 1 aromatic carbocycles. The van der Waals surface area contributed by atoms with Crippen LogP contribution in [-0.4, -0.2) is 17.2 Å². The van der Waals surface area contributed by atoms with E-state index < -0.39 is 0 Å². The second kappa shape index (κ2) is 6.04. The minimum Gasteiger partial charge on any atom is -0.507 e. The van der Waals surface area contributed by atoms with Crippen LogP contribution in [0.25, 0.3) is 0 Å². The second-order valence-corrected chi connectivity index (χ2v) is 5.45. The van der Waals surface area contributed by atoms with Gasteiger partial charge in [0.25, 0.3) is 0 Å². The van der Waals surface area contributed by atoms with Crippen LogP contribution in [0.1, 0.15) is 29.2 Å². The van der Waals surface area contributed by atoms with Crippen molar-refractivity contribution in [1.82, 2.24) is 10.3 Å². The maximum Gasteiger partial charge on any atom is 0.124 e. The molecule has 0 saturated carbocycles. The number of rotatable bonds is 5. The van der Waals surface area contributed by atoms with Crippen LogP contribution in [-0.2, 0) is 6.54 Å². The van der Waals surface area contributed by atoms with Gasteiger partial charge in [0, 0.05) is 29.6 Å². The van der Waals surface area contributed by atoms with E-state index in [2.05, 4.69) is 10.3 Å². The van der Waals surface area contributed by atoms with E-state index in [9.17, 15) is 5.11 Å². The highest BCUT2D eigenvalue weighted by molar-refractivity contribution is 7.09. The topological polar surface area (TPSA) is 54.4 Å². The Hall–Kier alpha value is -1.59. The van der Waals surface area contributed by atoms with Crippen molar-refractivity contribution < 1.29 is 9.84 Å². The average molecular weight is 278 g/mol. The number of methoxy groups -OCH3 is 1. The molecular weight excluding hydrogens is 260 g/mol. The predicted octanol–water partition coefficient (Wildman–Crippen LogP) is 3.02. The van der Waals surface area contributed by atoms with Crippen LogP contribution in [0.3, 0.4) is 0 Å². The van der Waals surface area contributed by atoms with Gasteiger partial charge in [-0.05, 0) is 19.9 Å². The summed E-state index contributed by atoms with van der Waals surface area (Å²) in [5, 5.41) is 16.4. The summed E-state index contributed by atoms with van der Waals surface area (Å²) in [5.41, 5.74) is 1.88. The summed E-state index contributed by atoms with van der Waals surface area (Å²) in [7, 11) is 1.58. The van der Waals surface area contributed by atoms with Crippen molar-refractivity contribution in [2.45, 2.75) is 26.4 Å². The lowest BCUT2D eigenvalue weighted by Crippen LogP contribution is -2.18. The van der Waals surface area contributed by atoms with E-state index in [1.807, 2.05) is 31.4 Å². The third-order valence-electron chi connectivity index (χ3n) is 2.96. The third kappa shape index (κ3) is 3.45. The van der Waals surface area contributed by atoms with Crippen molar-refractivity contribution >= 4 is 11.3 Å². The Labute approximate surface area is 117 Å². The van der Waals surface area contributed by atoms with Crippen LogP contribution in [0.2, 0.25) is 0 Å². The third-order valence-corrected chi connectivity index (χ3v) is 3.78. The van der Waals surface area contributed by atoms with Crippen molar-refractivity contribution in [1.29, 1.82) is 0 Å². The molecule has 0 aliphatic heterocycles. The van der Waals surface area contributed by atoms with Crippen LogP contribution >= 0.6 is 11.3 Å². The van der Waals surface area contributed by atoms with Gasteiger partial charge in [-0.2, -0.15) is 0 Å². The molecule has 19 heavy (non-hydrogen) atoms. The van der Waals surface area contributed by atoms with E-state index >= 15 is 0 Å². The molecule has 0 aliphatic carbocycles. The Morgan fingerprint density at radius 3 is 2.84 bits per heavy atom. The molecular formula is C14H18N2O2S. The highest BCUT2D eigenvalue weighted by Crippen LogP contribution is 2.28. The monoisotopic (exact) mass is 278 g/mol. The van der Waals surface area contributed by atoms with Crippen LogP contribution in [0.4, 0.5) is 0 Å². The number of hydrogen-bond acceptors (Lipinski definition) is 5. The number of ether oxygens (including phenoxy) is 1. The summed E-state index contributed by atoms with van der Waals surface area (Å²) >= 11 is 1.64. The molecule has 2 N–H and O–H groups in total. The van der Waals surface area contributed by atoms with E-state index in [0.29, 0.717) is 12.3 Å². The van der Waals surface area contributed by atoms with Crippen molar-refractivity contribution in [2.24, 2.45) is 0 Å². The SMILES string of the molecule is COc1ccc(C(C)NCc2csc(C)n2)c(O)c1. The average Bonchev–Trinajstić information content (AvgIpc) is 2.81. The van der Waals surface area contributed by atoms with Gasteiger partial charge in [0.15, 0.2) is 0 Å². The van der Waals surface area contributed by atoms with Crippen molar-refractivity contribution in [3.63, 3.8) is 0 Å². The number of thiazole rings is 1. The number of aromatic hydroxyl groups is 1. The number of phenols is 1. The quantitative estimate of drug-likeness (QED) is 0.882. The molecule has 1 unspecified atom stereocenters. The molecule has 102 valence electrons. The van der Waals surface area contributed by atoms with Gasteiger partial charge < -0.3 is 15.2 Å². The number of nitrogens with one attached hydrogen (secondary N) is 1. The van der Waals surface area contributed by atoms with Gasteiger partial charge in [-0.1, -0.05) is 6.07 Å². The number of aryl methyl sites for hydroxylation is 1. The molecule has 2 aromatic rings. The zero-order chi connectivity index (χ0) is 13.8. The van der Waals surface area contributed by atoms with E-state index in [1.54, 1.807) is 24.5 Å². The largest absolute Gasteiger partial charge is 0.507 e.